The molecule has 0 fully saturated rings. The molecule has 0 heterocycles. The minimum atomic E-state index is -3.78. The van der Waals surface area contributed by atoms with Crippen LogP contribution < -0.4 is 9.62 Å². The Morgan fingerprint density at radius 1 is 0.892 bits per heavy atom. The van der Waals surface area contributed by atoms with Crippen molar-refractivity contribution in [2.24, 2.45) is 0 Å². The molecule has 37 heavy (non-hydrogen) atoms. The highest BCUT2D eigenvalue weighted by Crippen LogP contribution is 2.23. The predicted molar refractivity (Wildman–Crippen MR) is 148 cm³/mol. The van der Waals surface area contributed by atoms with Gasteiger partial charge < -0.3 is 10.2 Å². The first-order chi connectivity index (χ1) is 17.6. The van der Waals surface area contributed by atoms with Crippen molar-refractivity contribution in [3.63, 3.8) is 0 Å². The van der Waals surface area contributed by atoms with E-state index in [0.717, 1.165) is 32.8 Å². The Hall–Kier alpha value is -3.65. The number of rotatable bonds is 11. The van der Waals surface area contributed by atoms with Crippen LogP contribution in [0.1, 0.15) is 29.2 Å². The summed E-state index contributed by atoms with van der Waals surface area (Å²) < 4.78 is 26.8. The largest absolute Gasteiger partial charge is 0.355 e. The van der Waals surface area contributed by atoms with Gasteiger partial charge in [-0.15, -0.1) is 0 Å². The lowest BCUT2D eigenvalue weighted by Gasteiger charge is -2.33. The molecule has 7 nitrogen and oxygen atoms in total. The van der Waals surface area contributed by atoms with E-state index >= 15 is 0 Å². The van der Waals surface area contributed by atoms with Gasteiger partial charge in [0.05, 0.1) is 11.9 Å². The van der Waals surface area contributed by atoms with Crippen molar-refractivity contribution in [2.75, 3.05) is 23.7 Å². The zero-order chi connectivity index (χ0) is 27.0. The predicted octanol–water partition coefficient (Wildman–Crippen LogP) is 3.85. The van der Waals surface area contributed by atoms with Crippen molar-refractivity contribution < 1.29 is 18.0 Å². The van der Waals surface area contributed by atoms with E-state index in [1.54, 1.807) is 25.1 Å². The normalized spacial score (nSPS) is 12.0. The van der Waals surface area contributed by atoms with Gasteiger partial charge in [0, 0.05) is 19.5 Å². The number of likely N-dealkylation sites (N-methyl/N-ethyl adjacent to an activating group) is 1. The minimum absolute atomic E-state index is 0.167. The minimum Gasteiger partial charge on any atom is -0.355 e. The quantitative estimate of drug-likeness (QED) is 0.415. The summed E-state index contributed by atoms with van der Waals surface area (Å²) >= 11 is 0. The van der Waals surface area contributed by atoms with Crippen LogP contribution >= 0.6 is 0 Å². The molecule has 0 aliphatic rings. The summed E-state index contributed by atoms with van der Waals surface area (Å²) in [5.74, 6) is -0.739. The van der Waals surface area contributed by atoms with Crippen LogP contribution in [0, 0.1) is 13.8 Å². The number of aryl methyl sites for hydroxylation is 2. The molecule has 0 aliphatic carbocycles. The summed E-state index contributed by atoms with van der Waals surface area (Å²) in [6, 6.07) is 23.4. The van der Waals surface area contributed by atoms with Crippen molar-refractivity contribution in [2.45, 2.75) is 39.8 Å². The molecule has 0 saturated carbocycles. The average molecular weight is 522 g/mol. The Labute approximate surface area is 220 Å². The van der Waals surface area contributed by atoms with Crippen molar-refractivity contribution in [3.8, 4) is 0 Å². The average Bonchev–Trinajstić information content (AvgIpc) is 2.85. The van der Waals surface area contributed by atoms with Gasteiger partial charge in [0.2, 0.25) is 21.8 Å². The van der Waals surface area contributed by atoms with Gasteiger partial charge in [0.1, 0.15) is 12.6 Å². The Morgan fingerprint density at radius 2 is 1.54 bits per heavy atom. The van der Waals surface area contributed by atoms with Crippen LogP contribution in [-0.2, 0) is 32.6 Å². The van der Waals surface area contributed by atoms with Crippen molar-refractivity contribution >= 4 is 27.5 Å². The zero-order valence-corrected chi connectivity index (χ0v) is 22.7. The summed E-state index contributed by atoms with van der Waals surface area (Å²) in [7, 11) is -3.78. The SMILES string of the molecule is CCNC(=O)[C@H](Cc1ccccc1)N(Cc1cccc(C)c1)C(=O)CN(c1ccccc1C)S(C)(=O)=O. The molecule has 1 atom stereocenters. The first-order valence-corrected chi connectivity index (χ1v) is 14.1. The number of anilines is 1. The Bertz CT molecular complexity index is 1330. The lowest BCUT2D eigenvalue weighted by Crippen LogP contribution is -2.53. The molecule has 2 amide bonds. The smallest absolute Gasteiger partial charge is 0.244 e. The second kappa shape index (κ2) is 12.5. The fraction of sp³-hybridized carbons (Fsp3) is 0.310. The molecule has 0 bridgehead atoms. The summed E-state index contributed by atoms with van der Waals surface area (Å²) in [5, 5.41) is 2.86. The highest BCUT2D eigenvalue weighted by atomic mass is 32.2. The zero-order valence-electron chi connectivity index (χ0n) is 21.8. The van der Waals surface area contributed by atoms with E-state index in [-0.39, 0.29) is 12.5 Å². The fourth-order valence-electron chi connectivity index (χ4n) is 4.29. The molecule has 1 N–H and O–H groups in total. The second-order valence-corrected chi connectivity index (χ2v) is 11.1. The summed E-state index contributed by atoms with van der Waals surface area (Å²) in [4.78, 5) is 28.8. The second-order valence-electron chi connectivity index (χ2n) is 9.17. The highest BCUT2D eigenvalue weighted by molar-refractivity contribution is 7.92. The van der Waals surface area contributed by atoms with Crippen molar-refractivity contribution in [3.05, 3.63) is 101 Å². The molecule has 3 aromatic rings. The van der Waals surface area contributed by atoms with Crippen LogP contribution in [0.2, 0.25) is 0 Å². The Balaban J connectivity index is 2.05. The summed E-state index contributed by atoms with van der Waals surface area (Å²) in [6.45, 7) is 5.75. The number of carbonyl (C=O) groups excluding carboxylic acids is 2. The summed E-state index contributed by atoms with van der Waals surface area (Å²) in [6.07, 6.45) is 1.39. The third kappa shape index (κ3) is 7.67. The lowest BCUT2D eigenvalue weighted by atomic mass is 10.0. The molecular weight excluding hydrogens is 486 g/mol. The Kier molecular flexibility index (Phi) is 9.47. The van der Waals surface area contributed by atoms with Crippen LogP contribution in [0.15, 0.2) is 78.9 Å². The van der Waals surface area contributed by atoms with E-state index in [9.17, 15) is 18.0 Å². The monoisotopic (exact) mass is 521 g/mol. The first kappa shape index (κ1) is 27.9. The van der Waals surface area contributed by atoms with Crippen LogP contribution in [-0.4, -0.2) is 50.5 Å². The number of benzene rings is 3. The van der Waals surface area contributed by atoms with Gasteiger partial charge in [0.25, 0.3) is 0 Å². The van der Waals surface area contributed by atoms with Crippen LogP contribution in [0.5, 0.6) is 0 Å². The number of amides is 2. The molecule has 0 spiro atoms. The van der Waals surface area contributed by atoms with Gasteiger partial charge in [0.15, 0.2) is 0 Å². The maximum atomic E-state index is 14.0. The third-order valence-electron chi connectivity index (χ3n) is 6.12. The number of carbonyl (C=O) groups is 2. The molecule has 0 radical (unpaired) electrons. The highest BCUT2D eigenvalue weighted by Gasteiger charge is 2.33. The first-order valence-electron chi connectivity index (χ1n) is 12.3. The van der Waals surface area contributed by atoms with Crippen molar-refractivity contribution in [1.29, 1.82) is 0 Å². The van der Waals surface area contributed by atoms with Gasteiger partial charge in [-0.25, -0.2) is 8.42 Å². The molecular formula is C29H35N3O4S. The summed E-state index contributed by atoms with van der Waals surface area (Å²) in [5.41, 5.74) is 3.96. The number of sulfonamides is 1. The topological polar surface area (TPSA) is 86.8 Å². The standard InChI is InChI=1S/C29H35N3O4S/c1-5-30-29(34)27(19-24-14-7-6-8-15-24)31(20-25-16-11-12-22(2)18-25)28(33)21-32(37(4,35)36)26-17-10-9-13-23(26)3/h6-18,27H,5,19-21H2,1-4H3,(H,30,34)/t27-/m0/s1. The molecule has 0 saturated heterocycles. The van der Waals surface area contributed by atoms with Crippen LogP contribution in [0.25, 0.3) is 0 Å². The Morgan fingerprint density at radius 3 is 2.16 bits per heavy atom. The number of nitrogens with zero attached hydrogens (tertiary/aromatic N) is 2. The fourth-order valence-corrected chi connectivity index (χ4v) is 5.20. The van der Waals surface area contributed by atoms with Gasteiger partial charge >= 0.3 is 0 Å². The molecule has 3 aromatic carbocycles. The van der Waals surface area contributed by atoms with E-state index in [2.05, 4.69) is 5.32 Å². The van der Waals surface area contributed by atoms with E-state index in [0.29, 0.717) is 18.7 Å². The number of nitrogens with one attached hydrogen (secondary N) is 1. The van der Waals surface area contributed by atoms with Gasteiger partial charge in [-0.05, 0) is 43.5 Å². The van der Waals surface area contributed by atoms with Crippen LogP contribution in [0.3, 0.4) is 0 Å². The van der Waals surface area contributed by atoms with E-state index in [1.165, 1.54) is 4.90 Å². The number of hydrogen-bond acceptors (Lipinski definition) is 4. The van der Waals surface area contributed by atoms with Gasteiger partial charge in [-0.2, -0.15) is 0 Å². The molecule has 0 unspecified atom stereocenters. The molecule has 0 aliphatic heterocycles. The van der Waals surface area contributed by atoms with Crippen molar-refractivity contribution in [1.82, 2.24) is 10.2 Å². The molecule has 3 rings (SSSR count). The molecule has 8 heteroatoms. The van der Waals surface area contributed by atoms with Gasteiger partial charge in [-0.1, -0.05) is 78.4 Å². The maximum absolute atomic E-state index is 14.0. The van der Waals surface area contributed by atoms with E-state index < -0.39 is 28.5 Å². The third-order valence-corrected chi connectivity index (χ3v) is 7.25. The molecule has 0 aromatic heterocycles. The number of para-hydroxylation sites is 1. The van der Waals surface area contributed by atoms with E-state index in [1.807, 2.05) is 74.5 Å². The van der Waals surface area contributed by atoms with E-state index in [4.69, 9.17) is 0 Å². The maximum Gasteiger partial charge on any atom is 0.244 e. The van der Waals surface area contributed by atoms with Gasteiger partial charge in [-0.3, -0.25) is 13.9 Å². The molecule has 196 valence electrons. The number of hydrogen-bond donors (Lipinski definition) is 1. The van der Waals surface area contributed by atoms with Crippen LogP contribution in [0.4, 0.5) is 5.69 Å². The lowest BCUT2D eigenvalue weighted by molar-refractivity contribution is -0.140.